The number of aromatic nitrogens is 2. The van der Waals surface area contributed by atoms with Crippen molar-refractivity contribution in [3.05, 3.63) is 30.1 Å². The van der Waals surface area contributed by atoms with Crippen LogP contribution in [0.4, 0.5) is 0 Å². The Hall–Kier alpha value is -1.86. The van der Waals surface area contributed by atoms with Crippen LogP contribution in [0.3, 0.4) is 0 Å². The maximum absolute atomic E-state index is 9.11. The van der Waals surface area contributed by atoms with Gasteiger partial charge in [-0.3, -0.25) is 4.90 Å². The molecule has 0 aliphatic rings. The number of hydrogen-bond acceptors (Lipinski definition) is 3. The van der Waals surface area contributed by atoms with Crippen molar-refractivity contribution in [2.45, 2.75) is 97.6 Å². The predicted molar refractivity (Wildman–Crippen MR) is 123 cm³/mol. The van der Waals surface area contributed by atoms with Crippen molar-refractivity contribution >= 4 is 11.0 Å². The second-order valence-electron chi connectivity index (χ2n) is 8.32. The Morgan fingerprint density at radius 3 is 2.03 bits per heavy atom. The van der Waals surface area contributed by atoms with Gasteiger partial charge in [0.15, 0.2) is 0 Å². The van der Waals surface area contributed by atoms with E-state index in [0.717, 1.165) is 30.8 Å². The molecule has 4 heteroatoms. The van der Waals surface area contributed by atoms with Crippen LogP contribution in [0.2, 0.25) is 0 Å². The number of nitrogens with zero attached hydrogens (tertiary/aromatic N) is 4. The number of hydrogen-bond donors (Lipinski definition) is 0. The van der Waals surface area contributed by atoms with E-state index in [-0.39, 0.29) is 0 Å². The highest BCUT2D eigenvalue weighted by Crippen LogP contribution is 2.16. The summed E-state index contributed by atoms with van der Waals surface area (Å²) in [5, 5.41) is 9.11. The molecule has 4 nitrogen and oxygen atoms in total. The Kier molecular flexibility index (Phi) is 11.4. The third-order valence-electron chi connectivity index (χ3n) is 5.76. The molecule has 0 bridgehead atoms. The van der Waals surface area contributed by atoms with Crippen LogP contribution in [0.25, 0.3) is 11.0 Å². The number of fused-ring (bicyclic) bond motifs is 1. The quantitative estimate of drug-likeness (QED) is 0.290. The van der Waals surface area contributed by atoms with Gasteiger partial charge in [-0.25, -0.2) is 4.98 Å². The summed E-state index contributed by atoms with van der Waals surface area (Å²) in [6.07, 6.45) is 18.0. The van der Waals surface area contributed by atoms with Crippen molar-refractivity contribution in [3.63, 3.8) is 0 Å². The molecular formula is C25H40N4. The van der Waals surface area contributed by atoms with Crippen molar-refractivity contribution in [1.82, 2.24) is 14.5 Å². The van der Waals surface area contributed by atoms with Crippen molar-refractivity contribution in [2.75, 3.05) is 13.1 Å². The highest BCUT2D eigenvalue weighted by molar-refractivity contribution is 5.76. The monoisotopic (exact) mass is 396 g/mol. The molecule has 0 aliphatic carbocycles. The van der Waals surface area contributed by atoms with Crippen LogP contribution in [0.15, 0.2) is 24.5 Å². The van der Waals surface area contributed by atoms with Gasteiger partial charge >= 0.3 is 0 Å². The first-order chi connectivity index (χ1) is 14.3. The lowest BCUT2D eigenvalue weighted by molar-refractivity contribution is 0.211. The summed E-state index contributed by atoms with van der Waals surface area (Å²) in [6.45, 7) is 7.77. The fraction of sp³-hybridized carbons (Fsp3) is 0.680. The Bertz CT molecular complexity index is 712. The van der Waals surface area contributed by atoms with E-state index in [0.29, 0.717) is 5.56 Å². The van der Waals surface area contributed by atoms with Crippen molar-refractivity contribution in [3.8, 4) is 6.07 Å². The van der Waals surface area contributed by atoms with Crippen LogP contribution in [0.1, 0.15) is 96.5 Å². The van der Waals surface area contributed by atoms with Crippen LogP contribution in [0, 0.1) is 11.3 Å². The van der Waals surface area contributed by atoms with Gasteiger partial charge in [-0.2, -0.15) is 5.26 Å². The van der Waals surface area contributed by atoms with Gasteiger partial charge in [0.25, 0.3) is 0 Å². The molecule has 0 radical (unpaired) electrons. The maximum atomic E-state index is 9.11. The van der Waals surface area contributed by atoms with Gasteiger partial charge in [-0.05, 0) is 44.1 Å². The fourth-order valence-corrected chi connectivity index (χ4v) is 3.95. The Balaban J connectivity index is 1.88. The molecule has 0 atom stereocenters. The van der Waals surface area contributed by atoms with E-state index < -0.39 is 0 Å². The van der Waals surface area contributed by atoms with Crippen LogP contribution < -0.4 is 0 Å². The maximum Gasteiger partial charge on any atom is 0.0992 e. The van der Waals surface area contributed by atoms with Crippen LogP contribution in [-0.4, -0.2) is 27.5 Å². The van der Waals surface area contributed by atoms with Gasteiger partial charge in [0.05, 0.1) is 35.7 Å². The van der Waals surface area contributed by atoms with Gasteiger partial charge in [0.1, 0.15) is 0 Å². The molecule has 1 heterocycles. The van der Waals surface area contributed by atoms with Crippen LogP contribution >= 0.6 is 0 Å². The highest BCUT2D eigenvalue weighted by Gasteiger charge is 2.09. The van der Waals surface area contributed by atoms with Crippen LogP contribution in [-0.2, 0) is 6.67 Å². The van der Waals surface area contributed by atoms with Crippen molar-refractivity contribution in [1.29, 1.82) is 5.26 Å². The Morgan fingerprint density at radius 2 is 1.45 bits per heavy atom. The number of unbranched alkanes of at least 4 members (excludes halogenated alkanes) is 10. The van der Waals surface area contributed by atoms with E-state index in [1.807, 2.05) is 24.5 Å². The van der Waals surface area contributed by atoms with Crippen molar-refractivity contribution in [2.24, 2.45) is 0 Å². The molecule has 0 N–H and O–H groups in total. The smallest absolute Gasteiger partial charge is 0.0992 e. The van der Waals surface area contributed by atoms with E-state index in [4.69, 9.17) is 5.26 Å². The normalized spacial score (nSPS) is 11.4. The molecule has 0 saturated heterocycles. The largest absolute Gasteiger partial charge is 0.317 e. The average Bonchev–Trinajstić information content (AvgIpc) is 3.14. The second kappa shape index (κ2) is 14.2. The minimum atomic E-state index is 0.679. The van der Waals surface area contributed by atoms with Crippen LogP contribution in [0.5, 0.6) is 0 Å². The van der Waals surface area contributed by atoms with Gasteiger partial charge in [-0.1, -0.05) is 78.1 Å². The molecule has 0 unspecified atom stereocenters. The number of rotatable bonds is 16. The molecule has 160 valence electrons. The lowest BCUT2D eigenvalue weighted by atomic mass is 10.1. The van der Waals surface area contributed by atoms with E-state index in [2.05, 4.69) is 34.4 Å². The summed E-state index contributed by atoms with van der Waals surface area (Å²) in [5.41, 5.74) is 2.72. The lowest BCUT2D eigenvalue weighted by Crippen LogP contribution is -2.28. The molecule has 0 saturated carbocycles. The molecule has 2 rings (SSSR count). The first-order valence-corrected chi connectivity index (χ1v) is 11.9. The summed E-state index contributed by atoms with van der Waals surface area (Å²) in [5.74, 6) is 0. The first-order valence-electron chi connectivity index (χ1n) is 11.9. The zero-order valence-electron chi connectivity index (χ0n) is 18.7. The Labute approximate surface area is 177 Å². The molecule has 0 amide bonds. The molecule has 2 aromatic rings. The summed E-state index contributed by atoms with van der Waals surface area (Å²) in [7, 11) is 0. The molecule has 1 aromatic carbocycles. The Morgan fingerprint density at radius 1 is 0.862 bits per heavy atom. The molecule has 29 heavy (non-hydrogen) atoms. The molecule has 0 aliphatic heterocycles. The highest BCUT2D eigenvalue weighted by atomic mass is 15.3. The summed E-state index contributed by atoms with van der Waals surface area (Å²) < 4.78 is 2.24. The van der Waals surface area contributed by atoms with Gasteiger partial charge in [-0.15, -0.1) is 0 Å². The average molecular weight is 397 g/mol. The molecule has 0 spiro atoms. The van der Waals surface area contributed by atoms with E-state index in [1.165, 1.54) is 77.0 Å². The third kappa shape index (κ3) is 8.58. The van der Waals surface area contributed by atoms with E-state index in [9.17, 15) is 0 Å². The molecule has 0 fully saturated rings. The minimum Gasteiger partial charge on any atom is -0.317 e. The predicted octanol–water partition coefficient (Wildman–Crippen LogP) is 6.89. The van der Waals surface area contributed by atoms with Gasteiger partial charge in [0.2, 0.25) is 0 Å². The first kappa shape index (κ1) is 23.4. The zero-order valence-corrected chi connectivity index (χ0v) is 18.7. The minimum absolute atomic E-state index is 0.679. The second-order valence-corrected chi connectivity index (χ2v) is 8.32. The third-order valence-corrected chi connectivity index (χ3v) is 5.76. The van der Waals surface area contributed by atoms with Gasteiger partial charge in [0, 0.05) is 0 Å². The summed E-state index contributed by atoms with van der Waals surface area (Å²) in [4.78, 5) is 7.12. The van der Waals surface area contributed by atoms with E-state index in [1.54, 1.807) is 0 Å². The van der Waals surface area contributed by atoms with E-state index >= 15 is 0 Å². The summed E-state index contributed by atoms with van der Waals surface area (Å²) >= 11 is 0. The summed E-state index contributed by atoms with van der Waals surface area (Å²) in [6, 6.07) is 8.03. The number of benzene rings is 1. The van der Waals surface area contributed by atoms with Gasteiger partial charge < -0.3 is 4.57 Å². The fourth-order valence-electron chi connectivity index (χ4n) is 3.95. The topological polar surface area (TPSA) is 44.9 Å². The van der Waals surface area contributed by atoms with Crippen molar-refractivity contribution < 1.29 is 0 Å². The number of nitriles is 1. The molecular weight excluding hydrogens is 356 g/mol. The lowest BCUT2D eigenvalue weighted by Gasteiger charge is -2.23. The zero-order chi connectivity index (χ0) is 20.7. The SMILES string of the molecule is CCCCCCCCN(CCCCCCCC)Cn1cnc2cc(C#N)ccc21. The number of imidazole rings is 1. The standard InChI is InChI=1S/C25H40N4/c1-3-5-7-9-11-13-17-28(18-14-12-10-8-6-4-2)22-29-21-27-24-19-23(20-26)15-16-25(24)29/h15-16,19,21H,3-14,17-18,22H2,1-2H3. The molecule has 1 aromatic heterocycles.